The van der Waals surface area contributed by atoms with Crippen molar-refractivity contribution in [2.24, 2.45) is 0 Å². The normalized spacial score (nSPS) is 10.8. The second-order valence-corrected chi connectivity index (χ2v) is 5.90. The molecule has 0 radical (unpaired) electrons. The summed E-state index contributed by atoms with van der Waals surface area (Å²) >= 11 is 7.58. The molecule has 0 aliphatic heterocycles. The Bertz CT molecular complexity index is 783. The molecule has 20 heavy (non-hydrogen) atoms. The van der Waals surface area contributed by atoms with Gasteiger partial charge in [-0.05, 0) is 17.7 Å². The molecule has 100 valence electrons. The van der Waals surface area contributed by atoms with Crippen molar-refractivity contribution in [2.45, 2.75) is 6.42 Å². The van der Waals surface area contributed by atoms with Crippen molar-refractivity contribution in [3.05, 3.63) is 63.6 Å². The summed E-state index contributed by atoms with van der Waals surface area (Å²) in [5.41, 5.74) is 2.03. The number of carboxylic acid groups (broad SMARTS) is 1. The van der Waals surface area contributed by atoms with Gasteiger partial charge in [0.1, 0.15) is 5.52 Å². The van der Waals surface area contributed by atoms with E-state index in [2.05, 4.69) is 4.98 Å². The van der Waals surface area contributed by atoms with Gasteiger partial charge >= 0.3 is 5.97 Å². The van der Waals surface area contributed by atoms with Gasteiger partial charge < -0.3 is 5.11 Å². The van der Waals surface area contributed by atoms with Crippen molar-refractivity contribution < 1.29 is 9.90 Å². The van der Waals surface area contributed by atoms with Crippen molar-refractivity contribution in [3.63, 3.8) is 0 Å². The van der Waals surface area contributed by atoms with Crippen LogP contribution < -0.4 is 0 Å². The van der Waals surface area contributed by atoms with Gasteiger partial charge in [0.05, 0.1) is 20.3 Å². The molecule has 3 rings (SSSR count). The number of carbonyl (C=O) groups is 1. The highest BCUT2D eigenvalue weighted by Gasteiger charge is 2.12. The summed E-state index contributed by atoms with van der Waals surface area (Å²) < 4.78 is 0.806. The number of aromatic nitrogens is 1. The van der Waals surface area contributed by atoms with Gasteiger partial charge in [0.15, 0.2) is 0 Å². The van der Waals surface area contributed by atoms with Crippen LogP contribution >= 0.6 is 22.9 Å². The lowest BCUT2D eigenvalue weighted by molar-refractivity contribution is 0.0697. The minimum absolute atomic E-state index is 0.192. The van der Waals surface area contributed by atoms with Gasteiger partial charge in [0, 0.05) is 6.42 Å². The first-order chi connectivity index (χ1) is 9.63. The molecule has 2 aromatic carbocycles. The van der Waals surface area contributed by atoms with Crippen molar-refractivity contribution in [1.82, 2.24) is 4.98 Å². The Morgan fingerprint density at radius 1 is 1.25 bits per heavy atom. The van der Waals surface area contributed by atoms with Crippen molar-refractivity contribution in [2.75, 3.05) is 0 Å². The molecule has 1 heterocycles. The summed E-state index contributed by atoms with van der Waals surface area (Å²) in [6, 6.07) is 13.1. The Morgan fingerprint density at radius 2 is 2.00 bits per heavy atom. The Hall–Kier alpha value is -1.91. The molecular formula is C15H10ClNO2S. The third-order valence-electron chi connectivity index (χ3n) is 2.94. The Kier molecular flexibility index (Phi) is 3.42. The molecule has 3 aromatic rings. The molecule has 1 aromatic heterocycles. The van der Waals surface area contributed by atoms with E-state index in [1.165, 1.54) is 23.0 Å². The second-order valence-electron chi connectivity index (χ2n) is 4.38. The molecule has 0 spiro atoms. The van der Waals surface area contributed by atoms with E-state index in [1.807, 2.05) is 30.3 Å². The zero-order valence-electron chi connectivity index (χ0n) is 10.3. The topological polar surface area (TPSA) is 50.2 Å². The lowest BCUT2D eigenvalue weighted by atomic mass is 10.2. The molecule has 0 atom stereocenters. The van der Waals surface area contributed by atoms with Crippen molar-refractivity contribution in [3.8, 4) is 0 Å². The maximum atomic E-state index is 11.0. The van der Waals surface area contributed by atoms with E-state index in [4.69, 9.17) is 16.7 Å². The molecule has 0 bridgehead atoms. The molecule has 0 saturated carbocycles. The summed E-state index contributed by atoms with van der Waals surface area (Å²) in [4.78, 5) is 15.5. The fourth-order valence-electron chi connectivity index (χ4n) is 2.00. The monoisotopic (exact) mass is 303 g/mol. The van der Waals surface area contributed by atoms with E-state index < -0.39 is 5.97 Å². The smallest absolute Gasteiger partial charge is 0.335 e. The van der Waals surface area contributed by atoms with Crippen molar-refractivity contribution in [1.29, 1.82) is 0 Å². The second kappa shape index (κ2) is 5.23. The fraction of sp³-hybridized carbons (Fsp3) is 0.0667. The van der Waals surface area contributed by atoms with Crippen LogP contribution in [-0.2, 0) is 6.42 Å². The minimum Gasteiger partial charge on any atom is -0.478 e. The zero-order chi connectivity index (χ0) is 14.1. The van der Waals surface area contributed by atoms with E-state index in [0.717, 1.165) is 16.1 Å². The minimum atomic E-state index is -0.980. The average molecular weight is 304 g/mol. The first-order valence-electron chi connectivity index (χ1n) is 5.99. The molecule has 0 unspecified atom stereocenters. The highest BCUT2D eigenvalue weighted by Crippen LogP contribution is 2.30. The third kappa shape index (κ3) is 2.53. The van der Waals surface area contributed by atoms with Crippen LogP contribution in [0.5, 0.6) is 0 Å². The summed E-state index contributed by atoms with van der Waals surface area (Å²) in [5, 5.41) is 10.3. The van der Waals surface area contributed by atoms with Gasteiger partial charge in [0.25, 0.3) is 0 Å². The predicted molar refractivity (Wildman–Crippen MR) is 80.8 cm³/mol. The van der Waals surface area contributed by atoms with E-state index in [1.54, 1.807) is 6.07 Å². The third-order valence-corrected chi connectivity index (χ3v) is 4.23. The Morgan fingerprint density at radius 3 is 2.70 bits per heavy atom. The van der Waals surface area contributed by atoms with Crippen LogP contribution in [0.2, 0.25) is 5.02 Å². The van der Waals surface area contributed by atoms with Crippen LogP contribution in [0.25, 0.3) is 10.2 Å². The lowest BCUT2D eigenvalue weighted by Gasteiger charge is -1.96. The standard InChI is InChI=1S/C15H10ClNO2S/c16-11-7-10(15(18)19)8-12-14(11)17-13(20-12)6-9-4-2-1-3-5-9/h1-5,7-8H,6H2,(H,18,19). The van der Waals surface area contributed by atoms with E-state index >= 15 is 0 Å². The number of aromatic carboxylic acids is 1. The molecule has 0 aliphatic rings. The van der Waals surface area contributed by atoms with Gasteiger partial charge in [-0.25, -0.2) is 9.78 Å². The Balaban J connectivity index is 2.02. The number of benzene rings is 2. The number of hydrogen-bond acceptors (Lipinski definition) is 3. The lowest BCUT2D eigenvalue weighted by Crippen LogP contribution is -1.95. The number of thiazole rings is 1. The predicted octanol–water partition coefficient (Wildman–Crippen LogP) is 4.24. The van der Waals surface area contributed by atoms with E-state index in [0.29, 0.717) is 10.5 Å². The molecule has 5 heteroatoms. The van der Waals surface area contributed by atoms with Crippen molar-refractivity contribution >= 4 is 39.1 Å². The molecule has 0 saturated heterocycles. The van der Waals surface area contributed by atoms with Crippen LogP contribution in [0.15, 0.2) is 42.5 Å². The van der Waals surface area contributed by atoms with Crippen LogP contribution in [0, 0.1) is 0 Å². The van der Waals surface area contributed by atoms with Crippen LogP contribution in [0.3, 0.4) is 0 Å². The molecule has 3 nitrogen and oxygen atoms in total. The molecule has 0 amide bonds. The van der Waals surface area contributed by atoms with Gasteiger partial charge in [-0.3, -0.25) is 0 Å². The molecular weight excluding hydrogens is 294 g/mol. The number of fused-ring (bicyclic) bond motifs is 1. The Labute approximate surface area is 124 Å². The maximum absolute atomic E-state index is 11.0. The first-order valence-corrected chi connectivity index (χ1v) is 7.19. The largest absolute Gasteiger partial charge is 0.478 e. The summed E-state index contributed by atoms with van der Waals surface area (Å²) in [7, 11) is 0. The van der Waals surface area contributed by atoms with Gasteiger partial charge in [0.2, 0.25) is 0 Å². The summed E-state index contributed by atoms with van der Waals surface area (Å²) in [6.07, 6.45) is 0.721. The highest BCUT2D eigenvalue weighted by molar-refractivity contribution is 7.18. The van der Waals surface area contributed by atoms with Gasteiger partial charge in [-0.15, -0.1) is 11.3 Å². The number of hydrogen-bond donors (Lipinski definition) is 1. The van der Waals surface area contributed by atoms with Crippen LogP contribution in [0.4, 0.5) is 0 Å². The van der Waals surface area contributed by atoms with E-state index in [9.17, 15) is 4.79 Å². The number of rotatable bonds is 3. The van der Waals surface area contributed by atoms with Gasteiger partial charge in [-0.2, -0.15) is 0 Å². The molecule has 1 N–H and O–H groups in total. The zero-order valence-corrected chi connectivity index (χ0v) is 11.9. The fourth-order valence-corrected chi connectivity index (χ4v) is 3.39. The molecule has 0 aliphatic carbocycles. The number of nitrogens with zero attached hydrogens (tertiary/aromatic N) is 1. The first kappa shape index (κ1) is 13.1. The maximum Gasteiger partial charge on any atom is 0.335 e. The summed E-state index contributed by atoms with van der Waals surface area (Å²) in [5.74, 6) is -0.980. The van der Waals surface area contributed by atoms with Gasteiger partial charge in [-0.1, -0.05) is 41.9 Å². The summed E-state index contributed by atoms with van der Waals surface area (Å²) in [6.45, 7) is 0. The van der Waals surface area contributed by atoms with Crippen LogP contribution in [-0.4, -0.2) is 16.1 Å². The van der Waals surface area contributed by atoms with Crippen LogP contribution in [0.1, 0.15) is 20.9 Å². The molecule has 0 fully saturated rings. The average Bonchev–Trinajstić information content (AvgIpc) is 2.83. The van der Waals surface area contributed by atoms with E-state index in [-0.39, 0.29) is 5.56 Å². The highest BCUT2D eigenvalue weighted by atomic mass is 35.5. The SMILES string of the molecule is O=C(O)c1cc(Cl)c2nc(Cc3ccccc3)sc2c1. The quantitative estimate of drug-likeness (QED) is 0.787. The number of halogens is 1. The number of carboxylic acids is 1.